The molecule has 1 aromatic carbocycles. The van der Waals surface area contributed by atoms with E-state index in [1.807, 2.05) is 24.3 Å². The first-order valence-electron chi connectivity index (χ1n) is 8.37. The molecule has 0 aliphatic heterocycles. The summed E-state index contributed by atoms with van der Waals surface area (Å²) in [5, 5.41) is 0.843. The molecule has 1 heterocycles. The van der Waals surface area contributed by atoms with Crippen LogP contribution in [0.25, 0.3) is 11.0 Å². The van der Waals surface area contributed by atoms with Crippen molar-refractivity contribution in [2.24, 2.45) is 23.7 Å². The monoisotopic (exact) mass is 408 g/mol. The molecular formula is C19H12Cl4N2. The van der Waals surface area contributed by atoms with E-state index in [-0.39, 0.29) is 11.8 Å². The van der Waals surface area contributed by atoms with E-state index in [4.69, 9.17) is 56.4 Å². The van der Waals surface area contributed by atoms with Gasteiger partial charge in [0.05, 0.1) is 32.5 Å². The van der Waals surface area contributed by atoms with Gasteiger partial charge in [-0.15, -0.1) is 23.2 Å². The number of rotatable bonds is 0. The second kappa shape index (κ2) is 4.54. The molecule has 1 aromatic heterocycles. The lowest BCUT2D eigenvalue weighted by atomic mass is 9.58. The van der Waals surface area contributed by atoms with E-state index in [1.165, 1.54) is 0 Å². The number of allylic oxidation sites excluding steroid dienone is 4. The fraction of sp³-hybridized carbons (Fsp3) is 0.368. The maximum atomic E-state index is 7.26. The summed E-state index contributed by atoms with van der Waals surface area (Å²) in [6.07, 6.45) is 5.55. The Balaban J connectivity index is 1.76. The molecule has 5 aliphatic rings. The van der Waals surface area contributed by atoms with Gasteiger partial charge in [0.15, 0.2) is 0 Å². The van der Waals surface area contributed by atoms with Gasteiger partial charge in [0, 0.05) is 11.8 Å². The molecule has 1 fully saturated rings. The molecule has 25 heavy (non-hydrogen) atoms. The number of hydrogen-bond donors (Lipinski definition) is 0. The number of aromatic nitrogens is 2. The van der Waals surface area contributed by atoms with Crippen LogP contribution >= 0.6 is 46.4 Å². The Morgan fingerprint density at radius 2 is 1.24 bits per heavy atom. The smallest absolute Gasteiger partial charge is 0.129 e. The summed E-state index contributed by atoms with van der Waals surface area (Å²) >= 11 is 28.0. The van der Waals surface area contributed by atoms with Gasteiger partial charge in [0.1, 0.15) is 9.75 Å². The highest BCUT2D eigenvalue weighted by atomic mass is 35.5. The molecule has 2 nitrogen and oxygen atoms in total. The Bertz CT molecular complexity index is 953. The molecule has 5 aliphatic carbocycles. The normalized spacial score (nSPS) is 43.0. The van der Waals surface area contributed by atoms with Crippen LogP contribution < -0.4 is 0 Å². The maximum Gasteiger partial charge on any atom is 0.129 e. The first-order valence-corrected chi connectivity index (χ1v) is 9.88. The van der Waals surface area contributed by atoms with Crippen molar-refractivity contribution in [3.63, 3.8) is 0 Å². The van der Waals surface area contributed by atoms with Crippen molar-refractivity contribution < 1.29 is 0 Å². The fourth-order valence-corrected chi connectivity index (χ4v) is 7.42. The average Bonchev–Trinajstić information content (AvgIpc) is 3.25. The van der Waals surface area contributed by atoms with Crippen LogP contribution in [-0.4, -0.2) is 9.97 Å². The maximum absolute atomic E-state index is 7.26. The highest BCUT2D eigenvalue weighted by molar-refractivity contribution is 6.49. The number of alkyl halides is 2. The SMILES string of the molecule is ClC1=C(Cl)[C@]2(Cl)c3nc4ccccc4nc3[C@]1(Cl)[C@@H]1[C@H]2[C@@H]2C=C[C@H]1C2. The predicted molar refractivity (Wildman–Crippen MR) is 101 cm³/mol. The van der Waals surface area contributed by atoms with Gasteiger partial charge in [-0.05, 0) is 30.4 Å². The topological polar surface area (TPSA) is 25.8 Å². The minimum atomic E-state index is -0.948. The number of para-hydroxylation sites is 2. The van der Waals surface area contributed by atoms with Crippen LogP contribution in [0.5, 0.6) is 0 Å². The lowest BCUT2D eigenvalue weighted by Crippen LogP contribution is -2.56. The van der Waals surface area contributed by atoms with E-state index in [9.17, 15) is 0 Å². The third-order valence-electron chi connectivity index (χ3n) is 6.47. The van der Waals surface area contributed by atoms with Crippen molar-refractivity contribution in [3.8, 4) is 0 Å². The lowest BCUT2D eigenvalue weighted by Gasteiger charge is -2.56. The summed E-state index contributed by atoms with van der Waals surface area (Å²) in [5.41, 5.74) is 2.95. The minimum absolute atomic E-state index is 0.0969. The van der Waals surface area contributed by atoms with Crippen LogP contribution in [0.4, 0.5) is 0 Å². The molecule has 7 rings (SSSR count). The third kappa shape index (κ3) is 1.51. The molecule has 126 valence electrons. The Morgan fingerprint density at radius 1 is 0.800 bits per heavy atom. The number of benzene rings is 1. The molecular weight excluding hydrogens is 398 g/mol. The van der Waals surface area contributed by atoms with Crippen molar-refractivity contribution in [1.82, 2.24) is 9.97 Å². The van der Waals surface area contributed by atoms with Gasteiger partial charge in [0.2, 0.25) is 0 Å². The zero-order chi connectivity index (χ0) is 17.1. The van der Waals surface area contributed by atoms with Crippen LogP contribution in [-0.2, 0) is 9.75 Å². The molecule has 0 radical (unpaired) electrons. The summed E-state index contributed by atoms with van der Waals surface area (Å²) in [6.45, 7) is 0. The van der Waals surface area contributed by atoms with E-state index < -0.39 is 9.75 Å². The molecule has 6 heteroatoms. The Kier molecular flexibility index (Phi) is 2.77. The zero-order valence-corrected chi connectivity index (χ0v) is 15.9. The van der Waals surface area contributed by atoms with Gasteiger partial charge in [-0.3, -0.25) is 0 Å². The first-order chi connectivity index (χ1) is 12.0. The molecule has 0 unspecified atom stereocenters. The minimum Gasteiger partial charge on any atom is -0.247 e. The molecule has 0 saturated heterocycles. The summed E-state index contributed by atoms with van der Waals surface area (Å²) in [5.74, 6) is 0.899. The summed E-state index contributed by atoms with van der Waals surface area (Å²) in [4.78, 5) is 7.83. The van der Waals surface area contributed by atoms with Crippen LogP contribution in [0.1, 0.15) is 17.8 Å². The Morgan fingerprint density at radius 3 is 1.68 bits per heavy atom. The Hall–Kier alpha value is -0.800. The van der Waals surface area contributed by atoms with Crippen LogP contribution in [0.15, 0.2) is 46.5 Å². The van der Waals surface area contributed by atoms with Crippen LogP contribution in [0.2, 0.25) is 0 Å². The van der Waals surface area contributed by atoms with Crippen molar-refractivity contribution in [3.05, 3.63) is 57.9 Å². The fourth-order valence-electron chi connectivity index (χ4n) is 5.55. The van der Waals surface area contributed by atoms with Gasteiger partial charge in [0.25, 0.3) is 0 Å². The summed E-state index contributed by atoms with van der Waals surface area (Å²) < 4.78 is 0. The molecule has 0 amide bonds. The Labute approximate surface area is 164 Å². The second-order valence-corrected chi connectivity index (χ2v) is 9.41. The van der Waals surface area contributed by atoms with Gasteiger partial charge in [-0.2, -0.15) is 0 Å². The van der Waals surface area contributed by atoms with Gasteiger partial charge < -0.3 is 0 Å². The first kappa shape index (κ1) is 15.3. The van der Waals surface area contributed by atoms with Crippen molar-refractivity contribution >= 4 is 57.4 Å². The summed E-state index contributed by atoms with van der Waals surface area (Å²) in [6, 6.07) is 7.75. The molecule has 2 aromatic rings. The van der Waals surface area contributed by atoms with E-state index in [0.717, 1.165) is 17.5 Å². The van der Waals surface area contributed by atoms with Gasteiger partial charge in [-0.25, -0.2) is 9.97 Å². The standard InChI is InChI=1S/C19H12Cl4N2/c20-14-15(21)19(23)13-9-6-5-8(7-9)12(13)18(14,22)16-17(19)25-11-4-2-1-3-10(11)24-16/h1-6,8-9,12-13H,7H2/t8-,9+,12-,13+,18-,19-/m0/s1. The summed E-state index contributed by atoms with van der Waals surface area (Å²) in [7, 11) is 0. The molecule has 0 spiro atoms. The molecule has 4 bridgehead atoms. The van der Waals surface area contributed by atoms with E-state index in [0.29, 0.717) is 33.3 Å². The van der Waals surface area contributed by atoms with Crippen LogP contribution in [0, 0.1) is 23.7 Å². The number of fused-ring (bicyclic) bond motifs is 3. The average molecular weight is 410 g/mol. The van der Waals surface area contributed by atoms with Crippen LogP contribution in [0.3, 0.4) is 0 Å². The van der Waals surface area contributed by atoms with Crippen molar-refractivity contribution in [2.45, 2.75) is 16.2 Å². The number of halogens is 4. The number of nitrogens with zero attached hydrogens (tertiary/aromatic N) is 2. The third-order valence-corrected chi connectivity index (χ3v) is 8.97. The van der Waals surface area contributed by atoms with Crippen molar-refractivity contribution in [2.75, 3.05) is 0 Å². The largest absolute Gasteiger partial charge is 0.247 e. The molecule has 6 atom stereocenters. The second-order valence-electron chi connectivity index (χ2n) is 7.46. The number of hydrogen-bond acceptors (Lipinski definition) is 2. The van der Waals surface area contributed by atoms with Gasteiger partial charge in [-0.1, -0.05) is 47.5 Å². The predicted octanol–water partition coefficient (Wildman–Crippen LogP) is 5.65. The highest BCUT2D eigenvalue weighted by Gasteiger charge is 2.72. The van der Waals surface area contributed by atoms with E-state index >= 15 is 0 Å². The molecule has 1 saturated carbocycles. The van der Waals surface area contributed by atoms with Crippen molar-refractivity contribution in [1.29, 1.82) is 0 Å². The van der Waals surface area contributed by atoms with E-state index in [1.54, 1.807) is 0 Å². The molecule has 0 N–H and O–H groups in total. The highest BCUT2D eigenvalue weighted by Crippen LogP contribution is 2.75. The van der Waals surface area contributed by atoms with Gasteiger partial charge >= 0.3 is 0 Å². The zero-order valence-electron chi connectivity index (χ0n) is 12.9. The lowest BCUT2D eigenvalue weighted by molar-refractivity contribution is 0.170. The van der Waals surface area contributed by atoms with E-state index in [2.05, 4.69) is 12.2 Å². The quantitative estimate of drug-likeness (QED) is 0.414.